The fraction of sp³-hybridized carbons (Fsp3) is 0.600. The van der Waals surface area contributed by atoms with Crippen molar-refractivity contribution in [2.75, 3.05) is 0 Å². The minimum absolute atomic E-state index is 0.0196. The van der Waals surface area contributed by atoms with Gasteiger partial charge in [0.25, 0.3) is 0 Å². The fourth-order valence-electron chi connectivity index (χ4n) is 1.31. The number of rotatable bonds is 5. The fourth-order valence-corrected chi connectivity index (χ4v) is 1.31. The summed E-state index contributed by atoms with van der Waals surface area (Å²) in [6.07, 6.45) is 1.26. The molecule has 1 fully saturated rings. The second kappa shape index (κ2) is 4.37. The van der Waals surface area contributed by atoms with Gasteiger partial charge < -0.3 is 14.3 Å². The molecular formula is C10H14O4. The van der Waals surface area contributed by atoms with E-state index < -0.39 is 12.2 Å². The lowest BCUT2D eigenvalue weighted by Crippen LogP contribution is -2.30. The largest absolute Gasteiger partial charge is 0.459 e. The zero-order valence-electron chi connectivity index (χ0n) is 8.30. The smallest absolute Gasteiger partial charge is 0.303 e. The molecule has 1 heterocycles. The molecular weight excluding hydrogens is 184 g/mol. The summed E-state index contributed by atoms with van der Waals surface area (Å²) >= 11 is 0. The third-order valence-corrected chi connectivity index (χ3v) is 2.21. The van der Waals surface area contributed by atoms with Crippen molar-refractivity contribution in [1.29, 1.82) is 0 Å². The molecule has 0 aromatic heterocycles. The van der Waals surface area contributed by atoms with E-state index in [4.69, 9.17) is 9.47 Å². The van der Waals surface area contributed by atoms with Crippen LogP contribution >= 0.6 is 0 Å². The van der Waals surface area contributed by atoms with E-state index >= 15 is 0 Å². The number of carbonyl (C=O) groups is 2. The second-order valence-corrected chi connectivity index (χ2v) is 3.37. The van der Waals surface area contributed by atoms with E-state index in [-0.39, 0.29) is 18.0 Å². The van der Waals surface area contributed by atoms with Crippen molar-refractivity contribution in [2.24, 2.45) is 5.92 Å². The molecule has 0 saturated carbocycles. The van der Waals surface area contributed by atoms with Gasteiger partial charge in [-0.3, -0.25) is 4.79 Å². The summed E-state index contributed by atoms with van der Waals surface area (Å²) in [6, 6.07) is 0. The third-order valence-electron chi connectivity index (χ3n) is 2.21. The maximum absolute atomic E-state index is 10.8. The van der Waals surface area contributed by atoms with Gasteiger partial charge in [0.2, 0.25) is 0 Å². The van der Waals surface area contributed by atoms with Gasteiger partial charge in [-0.25, -0.2) is 0 Å². The van der Waals surface area contributed by atoms with Gasteiger partial charge >= 0.3 is 5.97 Å². The lowest BCUT2D eigenvalue weighted by molar-refractivity contribution is -0.149. The zero-order chi connectivity index (χ0) is 10.7. The van der Waals surface area contributed by atoms with Crippen LogP contribution in [0, 0.1) is 5.92 Å². The van der Waals surface area contributed by atoms with E-state index in [9.17, 15) is 9.59 Å². The average molecular weight is 198 g/mol. The molecule has 4 nitrogen and oxygen atoms in total. The Labute approximate surface area is 82.9 Å². The number of esters is 1. The van der Waals surface area contributed by atoms with Gasteiger partial charge in [-0.15, -0.1) is 6.58 Å². The van der Waals surface area contributed by atoms with Crippen LogP contribution in [0.25, 0.3) is 0 Å². The Morgan fingerprint density at radius 1 is 1.64 bits per heavy atom. The topological polar surface area (TPSA) is 55.9 Å². The normalized spacial score (nSPS) is 28.7. The van der Waals surface area contributed by atoms with Crippen molar-refractivity contribution in [3.63, 3.8) is 0 Å². The number of hydrogen-bond acceptors (Lipinski definition) is 4. The summed E-state index contributed by atoms with van der Waals surface area (Å²) in [5.41, 5.74) is 0. The maximum Gasteiger partial charge on any atom is 0.303 e. The summed E-state index contributed by atoms with van der Waals surface area (Å²) in [7, 11) is 0. The monoisotopic (exact) mass is 198 g/mol. The molecule has 0 amide bonds. The van der Waals surface area contributed by atoms with Crippen LogP contribution in [-0.2, 0) is 19.1 Å². The number of hydrogen-bond donors (Lipinski definition) is 0. The number of aldehydes is 1. The van der Waals surface area contributed by atoms with E-state index in [1.165, 1.54) is 6.92 Å². The Bertz CT molecular complexity index is 249. The Morgan fingerprint density at radius 2 is 2.29 bits per heavy atom. The summed E-state index contributed by atoms with van der Waals surface area (Å²) in [6.45, 7) is 6.81. The lowest BCUT2D eigenvalue weighted by Gasteiger charge is -2.18. The van der Waals surface area contributed by atoms with E-state index in [0.29, 0.717) is 0 Å². The Morgan fingerprint density at radius 3 is 2.64 bits per heavy atom. The quantitative estimate of drug-likeness (QED) is 0.282. The van der Waals surface area contributed by atoms with Crippen LogP contribution in [0.5, 0.6) is 0 Å². The van der Waals surface area contributed by atoms with Gasteiger partial charge in [0.05, 0.1) is 0 Å². The average Bonchev–Trinajstić information content (AvgIpc) is 2.91. The highest BCUT2D eigenvalue weighted by atomic mass is 16.6. The molecule has 78 valence electrons. The Kier molecular flexibility index (Phi) is 3.41. The molecule has 4 heteroatoms. The second-order valence-electron chi connectivity index (χ2n) is 3.37. The van der Waals surface area contributed by atoms with Gasteiger partial charge in [0.1, 0.15) is 18.3 Å². The van der Waals surface area contributed by atoms with Crippen LogP contribution in [0.4, 0.5) is 0 Å². The summed E-state index contributed by atoms with van der Waals surface area (Å²) in [4.78, 5) is 21.2. The molecule has 0 aromatic carbocycles. The molecule has 0 bridgehead atoms. The van der Waals surface area contributed by atoms with Gasteiger partial charge in [0.15, 0.2) is 6.29 Å². The van der Waals surface area contributed by atoms with Gasteiger partial charge in [0, 0.05) is 12.8 Å². The molecule has 14 heavy (non-hydrogen) atoms. The van der Waals surface area contributed by atoms with Crippen molar-refractivity contribution in [3.8, 4) is 0 Å². The molecule has 0 unspecified atom stereocenters. The standard InChI is InChI=1S/C10H14O4/c1-4-6(2)9(13-7(3)12)10-8(5-11)14-10/h4-6,8-10H,1H2,2-3H3/t6-,8-,9-,10+/m1/s1. The molecule has 0 N–H and O–H groups in total. The van der Waals surface area contributed by atoms with Gasteiger partial charge in [-0.05, 0) is 0 Å². The first-order chi connectivity index (χ1) is 6.60. The van der Waals surface area contributed by atoms with E-state index in [2.05, 4.69) is 6.58 Å². The zero-order valence-corrected chi connectivity index (χ0v) is 8.30. The molecule has 4 atom stereocenters. The highest BCUT2D eigenvalue weighted by molar-refractivity contribution is 5.67. The molecule has 0 spiro atoms. The molecule has 0 radical (unpaired) electrons. The van der Waals surface area contributed by atoms with Crippen molar-refractivity contribution >= 4 is 12.3 Å². The Hall–Kier alpha value is -1.16. The first-order valence-electron chi connectivity index (χ1n) is 4.50. The van der Waals surface area contributed by atoms with Gasteiger partial charge in [-0.2, -0.15) is 0 Å². The highest BCUT2D eigenvalue weighted by Gasteiger charge is 2.48. The predicted molar refractivity (Wildman–Crippen MR) is 49.6 cm³/mol. The molecule has 1 saturated heterocycles. The van der Waals surface area contributed by atoms with Crippen molar-refractivity contribution in [2.45, 2.75) is 32.2 Å². The van der Waals surface area contributed by atoms with E-state index in [0.717, 1.165) is 6.29 Å². The molecule has 0 aliphatic carbocycles. The maximum atomic E-state index is 10.8. The van der Waals surface area contributed by atoms with Crippen LogP contribution in [0.15, 0.2) is 12.7 Å². The van der Waals surface area contributed by atoms with Crippen molar-refractivity contribution in [3.05, 3.63) is 12.7 Å². The van der Waals surface area contributed by atoms with Crippen LogP contribution in [0.1, 0.15) is 13.8 Å². The predicted octanol–water partition coefficient (Wildman–Crippen LogP) is 0.706. The summed E-state index contributed by atoms with van der Waals surface area (Å²) in [5, 5.41) is 0. The van der Waals surface area contributed by atoms with Gasteiger partial charge in [-0.1, -0.05) is 13.0 Å². The van der Waals surface area contributed by atoms with Crippen molar-refractivity contribution < 1.29 is 19.1 Å². The summed E-state index contributed by atoms with van der Waals surface area (Å²) < 4.78 is 10.1. The Balaban J connectivity index is 2.58. The van der Waals surface area contributed by atoms with E-state index in [1.807, 2.05) is 6.92 Å². The molecule has 0 aromatic rings. The van der Waals surface area contributed by atoms with Crippen LogP contribution in [0.3, 0.4) is 0 Å². The van der Waals surface area contributed by atoms with Crippen LogP contribution in [-0.4, -0.2) is 30.6 Å². The number of carbonyl (C=O) groups excluding carboxylic acids is 2. The third kappa shape index (κ3) is 2.42. The van der Waals surface area contributed by atoms with E-state index in [1.54, 1.807) is 6.08 Å². The molecule has 1 aliphatic heterocycles. The first-order valence-corrected chi connectivity index (χ1v) is 4.50. The molecule has 1 rings (SSSR count). The minimum Gasteiger partial charge on any atom is -0.459 e. The SMILES string of the molecule is C=C[C@@H](C)[C@@H](OC(C)=O)[C@H]1O[C@@H]1C=O. The first kappa shape index (κ1) is 10.9. The van der Waals surface area contributed by atoms with Crippen LogP contribution < -0.4 is 0 Å². The molecule has 1 aliphatic rings. The number of epoxide rings is 1. The highest BCUT2D eigenvalue weighted by Crippen LogP contribution is 2.30. The summed E-state index contributed by atoms with van der Waals surface area (Å²) in [5.74, 6) is -0.391. The van der Waals surface area contributed by atoms with Crippen LogP contribution in [0.2, 0.25) is 0 Å². The lowest BCUT2D eigenvalue weighted by atomic mass is 10.0. The minimum atomic E-state index is -0.429. The number of ether oxygens (including phenoxy) is 2. The van der Waals surface area contributed by atoms with Crippen molar-refractivity contribution in [1.82, 2.24) is 0 Å².